The van der Waals surface area contributed by atoms with Crippen molar-refractivity contribution in [2.75, 3.05) is 0 Å². The maximum absolute atomic E-state index is 11.0. The number of aryl methyl sites for hydroxylation is 1. The third-order valence-electron chi connectivity index (χ3n) is 1.67. The van der Waals surface area contributed by atoms with E-state index in [4.69, 9.17) is 10.8 Å². The molecule has 0 aliphatic carbocycles. The average Bonchev–Trinajstić information content (AvgIpc) is 2.01. The summed E-state index contributed by atoms with van der Waals surface area (Å²) in [6.07, 6.45) is 1.56. The van der Waals surface area contributed by atoms with Gasteiger partial charge in [0.05, 0.1) is 4.47 Å². The highest BCUT2D eigenvalue weighted by Crippen LogP contribution is 2.12. The summed E-state index contributed by atoms with van der Waals surface area (Å²) >= 11 is 3.13. The number of carbonyl (C=O) groups excluding carboxylic acids is 1. The topological polar surface area (TPSA) is 84.3 Å². The van der Waals surface area contributed by atoms with Gasteiger partial charge >= 0.3 is 11.9 Å². The number of halogens is 1. The molecule has 1 aromatic rings. The molecule has 0 fully saturated rings. The third kappa shape index (κ3) is 1.90. The predicted octanol–water partition coefficient (Wildman–Crippen LogP) is 0.0707. The van der Waals surface area contributed by atoms with E-state index in [9.17, 15) is 9.59 Å². The van der Waals surface area contributed by atoms with Gasteiger partial charge in [0.25, 0.3) is 5.69 Å². The Labute approximate surface area is 88.3 Å². The normalized spacial score (nSPS) is 9.86. The van der Waals surface area contributed by atoms with Crippen molar-refractivity contribution in [2.24, 2.45) is 12.8 Å². The van der Waals surface area contributed by atoms with E-state index in [0.29, 0.717) is 4.47 Å². The molecule has 0 radical (unpaired) electrons. The highest BCUT2D eigenvalue weighted by molar-refractivity contribution is 9.10. The molecule has 0 spiro atoms. The lowest BCUT2D eigenvalue weighted by molar-refractivity contribution is -0.674. The van der Waals surface area contributed by atoms with Gasteiger partial charge in [-0.1, -0.05) is 0 Å². The van der Waals surface area contributed by atoms with Gasteiger partial charge in [0.15, 0.2) is 6.20 Å². The van der Waals surface area contributed by atoms with E-state index < -0.39 is 11.9 Å². The molecule has 0 aliphatic heterocycles. The molecule has 6 heteroatoms. The minimum absolute atomic E-state index is 0.0271. The quantitative estimate of drug-likeness (QED) is 0.738. The maximum Gasteiger partial charge on any atom is 0.342 e. The van der Waals surface area contributed by atoms with Crippen molar-refractivity contribution >= 4 is 27.8 Å². The van der Waals surface area contributed by atoms with Crippen LogP contribution >= 0.6 is 15.9 Å². The number of aromatic nitrogens is 1. The molecule has 1 aromatic heterocycles. The molecule has 0 aliphatic rings. The number of rotatable bonds is 2. The van der Waals surface area contributed by atoms with Gasteiger partial charge in [-0.15, -0.1) is 0 Å². The van der Waals surface area contributed by atoms with E-state index in [0.717, 1.165) is 0 Å². The molecule has 14 heavy (non-hydrogen) atoms. The summed E-state index contributed by atoms with van der Waals surface area (Å²) in [4.78, 5) is 21.8. The van der Waals surface area contributed by atoms with Gasteiger partial charge in [0.2, 0.25) is 0 Å². The average molecular weight is 260 g/mol. The highest BCUT2D eigenvalue weighted by Gasteiger charge is 2.24. The van der Waals surface area contributed by atoms with E-state index in [-0.39, 0.29) is 11.3 Å². The molecule has 1 amide bonds. The molecule has 1 heterocycles. The molecule has 3 N–H and O–H groups in total. The summed E-state index contributed by atoms with van der Waals surface area (Å²) in [5, 5.41) is 8.82. The molecule has 0 aromatic carbocycles. The fraction of sp³-hybridized carbons (Fsp3) is 0.125. The van der Waals surface area contributed by atoms with Gasteiger partial charge < -0.3 is 10.8 Å². The van der Waals surface area contributed by atoms with E-state index >= 15 is 0 Å². The van der Waals surface area contributed by atoms with Crippen LogP contribution in [0.1, 0.15) is 20.8 Å². The molecule has 0 bridgehead atoms. The van der Waals surface area contributed by atoms with Gasteiger partial charge in [-0.05, 0) is 22.0 Å². The first-order valence-electron chi connectivity index (χ1n) is 3.65. The van der Waals surface area contributed by atoms with Crippen LogP contribution in [0.25, 0.3) is 0 Å². The zero-order valence-corrected chi connectivity index (χ0v) is 8.91. The van der Waals surface area contributed by atoms with E-state index in [1.165, 1.54) is 10.6 Å². The molecule has 0 unspecified atom stereocenters. The molecule has 0 saturated carbocycles. The second-order valence-electron chi connectivity index (χ2n) is 2.70. The fourth-order valence-corrected chi connectivity index (χ4v) is 1.69. The largest absolute Gasteiger partial charge is 0.477 e. The van der Waals surface area contributed by atoms with Crippen molar-refractivity contribution in [1.29, 1.82) is 0 Å². The number of pyridine rings is 1. The lowest BCUT2D eigenvalue weighted by Gasteiger charge is -2.00. The standard InChI is InChI=1S/C8H7BrN2O3/c1-11-3-4(9)2-5(8(13)14)6(11)7(10)12/h2-3H,1H3,(H2-,10,12,13,14)/p+1. The maximum atomic E-state index is 11.0. The zero-order chi connectivity index (χ0) is 10.9. The van der Waals surface area contributed by atoms with Gasteiger partial charge in [-0.25, -0.2) is 4.79 Å². The van der Waals surface area contributed by atoms with Gasteiger partial charge in [-0.3, -0.25) is 4.79 Å². The molecule has 0 saturated heterocycles. The molecule has 5 nitrogen and oxygen atoms in total. The number of nitrogens with two attached hydrogens (primary N) is 1. The molecule has 0 atom stereocenters. The summed E-state index contributed by atoms with van der Waals surface area (Å²) in [7, 11) is 1.55. The Balaban J connectivity index is 3.52. The Kier molecular flexibility index (Phi) is 2.85. The van der Waals surface area contributed by atoms with Crippen LogP contribution in [0.2, 0.25) is 0 Å². The lowest BCUT2D eigenvalue weighted by Crippen LogP contribution is -2.40. The van der Waals surface area contributed by atoms with Crippen molar-refractivity contribution in [2.45, 2.75) is 0 Å². The smallest absolute Gasteiger partial charge is 0.342 e. The van der Waals surface area contributed by atoms with Crippen molar-refractivity contribution in [3.8, 4) is 0 Å². The van der Waals surface area contributed by atoms with Crippen molar-refractivity contribution in [3.63, 3.8) is 0 Å². The molecule has 74 valence electrons. The van der Waals surface area contributed by atoms with Gasteiger partial charge in [0, 0.05) is 0 Å². The second kappa shape index (κ2) is 3.75. The number of hydrogen-bond acceptors (Lipinski definition) is 2. The van der Waals surface area contributed by atoms with Gasteiger partial charge in [-0.2, -0.15) is 4.57 Å². The number of nitrogens with zero attached hydrogens (tertiary/aromatic N) is 1. The lowest BCUT2D eigenvalue weighted by atomic mass is 10.2. The Morgan fingerprint density at radius 3 is 2.57 bits per heavy atom. The number of amides is 1. The van der Waals surface area contributed by atoms with Crippen molar-refractivity contribution in [3.05, 3.63) is 28.0 Å². The van der Waals surface area contributed by atoms with E-state index in [2.05, 4.69) is 15.9 Å². The minimum Gasteiger partial charge on any atom is -0.477 e. The first kappa shape index (κ1) is 10.6. The third-order valence-corrected chi connectivity index (χ3v) is 2.10. The first-order valence-corrected chi connectivity index (χ1v) is 4.45. The Hall–Kier alpha value is -1.43. The van der Waals surface area contributed by atoms with Crippen LogP contribution in [-0.4, -0.2) is 17.0 Å². The monoisotopic (exact) mass is 259 g/mol. The minimum atomic E-state index is -1.18. The number of aromatic carboxylic acids is 1. The molecular formula is C8H8BrN2O3+. The van der Waals surface area contributed by atoms with Crippen LogP contribution in [0.5, 0.6) is 0 Å². The number of hydrogen-bond donors (Lipinski definition) is 2. The number of primary amides is 1. The van der Waals surface area contributed by atoms with Crippen molar-refractivity contribution < 1.29 is 19.3 Å². The van der Waals surface area contributed by atoms with Gasteiger partial charge in [0.1, 0.15) is 12.6 Å². The van der Waals surface area contributed by atoms with Crippen LogP contribution in [0.15, 0.2) is 16.7 Å². The number of carboxylic acid groups (broad SMARTS) is 1. The highest BCUT2D eigenvalue weighted by atomic mass is 79.9. The van der Waals surface area contributed by atoms with Crippen LogP contribution < -0.4 is 10.3 Å². The number of carbonyl (C=O) groups is 2. The zero-order valence-electron chi connectivity index (χ0n) is 7.32. The fourth-order valence-electron chi connectivity index (χ4n) is 1.15. The molecule has 1 rings (SSSR count). The van der Waals surface area contributed by atoms with Crippen LogP contribution in [0, 0.1) is 0 Å². The predicted molar refractivity (Wildman–Crippen MR) is 50.8 cm³/mol. The Morgan fingerprint density at radius 2 is 2.14 bits per heavy atom. The molecular weight excluding hydrogens is 252 g/mol. The first-order chi connectivity index (χ1) is 6.43. The van der Waals surface area contributed by atoms with Crippen LogP contribution in [0.3, 0.4) is 0 Å². The Morgan fingerprint density at radius 1 is 1.57 bits per heavy atom. The van der Waals surface area contributed by atoms with Crippen LogP contribution in [-0.2, 0) is 7.05 Å². The SMILES string of the molecule is C[n+]1cc(Br)cc(C(=O)O)c1C(N)=O. The summed E-state index contributed by atoms with van der Waals surface area (Å²) in [5.41, 5.74) is 4.92. The second-order valence-corrected chi connectivity index (χ2v) is 3.62. The van der Waals surface area contributed by atoms with E-state index in [1.807, 2.05) is 0 Å². The summed E-state index contributed by atoms with van der Waals surface area (Å²) < 4.78 is 1.94. The van der Waals surface area contributed by atoms with Crippen molar-refractivity contribution in [1.82, 2.24) is 0 Å². The van der Waals surface area contributed by atoms with Crippen LogP contribution in [0.4, 0.5) is 0 Å². The summed E-state index contributed by atoms with van der Waals surface area (Å²) in [6.45, 7) is 0. The van der Waals surface area contributed by atoms with E-state index in [1.54, 1.807) is 13.2 Å². The summed E-state index contributed by atoms with van der Waals surface area (Å²) in [5.74, 6) is -1.95. The Bertz CT molecular complexity index is 417. The number of carboxylic acids is 1. The summed E-state index contributed by atoms with van der Waals surface area (Å²) in [6, 6.07) is 1.34.